The van der Waals surface area contributed by atoms with E-state index in [4.69, 9.17) is 5.73 Å². The summed E-state index contributed by atoms with van der Waals surface area (Å²) < 4.78 is 0. The van der Waals surface area contributed by atoms with E-state index in [-0.39, 0.29) is 6.04 Å². The second-order valence-corrected chi connectivity index (χ2v) is 5.44. The fourth-order valence-corrected chi connectivity index (χ4v) is 2.47. The van der Waals surface area contributed by atoms with Gasteiger partial charge in [-0.05, 0) is 51.6 Å². The molecule has 2 atom stereocenters. The number of likely N-dealkylation sites (N-methyl/N-ethyl adjacent to an activating group) is 1. The van der Waals surface area contributed by atoms with E-state index < -0.39 is 0 Å². The molecule has 0 spiro atoms. The Morgan fingerprint density at radius 2 is 2.28 bits per heavy atom. The normalized spacial score (nSPS) is 22.3. The van der Waals surface area contributed by atoms with Crippen molar-refractivity contribution in [3.05, 3.63) is 23.9 Å². The molecule has 0 amide bonds. The summed E-state index contributed by atoms with van der Waals surface area (Å²) in [4.78, 5) is 9.17. The van der Waals surface area contributed by atoms with Crippen molar-refractivity contribution in [1.29, 1.82) is 0 Å². The van der Waals surface area contributed by atoms with E-state index in [2.05, 4.69) is 34.9 Å². The van der Waals surface area contributed by atoms with Gasteiger partial charge in [-0.25, -0.2) is 4.98 Å². The van der Waals surface area contributed by atoms with Gasteiger partial charge in [0.15, 0.2) is 0 Å². The summed E-state index contributed by atoms with van der Waals surface area (Å²) in [6.07, 6.45) is 4.37. The highest BCUT2D eigenvalue weighted by molar-refractivity contribution is 5.42. The van der Waals surface area contributed by atoms with Gasteiger partial charge in [-0.3, -0.25) is 0 Å². The number of anilines is 1. The van der Waals surface area contributed by atoms with Gasteiger partial charge in [0.1, 0.15) is 5.82 Å². The standard InChI is InChI=1S/C14H24N4/c1-11(15)12-6-7-16-14(9-12)18-8-4-5-13(10-18)17(2)3/h6-7,9,11,13H,4-5,8,10,15H2,1-3H3. The lowest BCUT2D eigenvalue weighted by Gasteiger charge is -2.37. The van der Waals surface area contributed by atoms with E-state index >= 15 is 0 Å². The summed E-state index contributed by atoms with van der Waals surface area (Å²) in [6, 6.07) is 4.82. The van der Waals surface area contributed by atoms with Crippen LogP contribution in [0.25, 0.3) is 0 Å². The van der Waals surface area contributed by atoms with Gasteiger partial charge in [0.25, 0.3) is 0 Å². The molecule has 0 radical (unpaired) electrons. The van der Waals surface area contributed by atoms with Crippen LogP contribution < -0.4 is 10.6 Å². The predicted molar refractivity (Wildman–Crippen MR) is 75.8 cm³/mol. The first-order valence-corrected chi connectivity index (χ1v) is 6.71. The van der Waals surface area contributed by atoms with Gasteiger partial charge < -0.3 is 15.5 Å². The minimum absolute atomic E-state index is 0.0705. The van der Waals surface area contributed by atoms with E-state index in [0.717, 1.165) is 24.5 Å². The van der Waals surface area contributed by atoms with Crippen molar-refractivity contribution in [2.75, 3.05) is 32.1 Å². The maximum absolute atomic E-state index is 5.93. The van der Waals surface area contributed by atoms with Crippen LogP contribution in [0.5, 0.6) is 0 Å². The van der Waals surface area contributed by atoms with Gasteiger partial charge in [0.2, 0.25) is 0 Å². The van der Waals surface area contributed by atoms with Gasteiger partial charge in [-0.2, -0.15) is 0 Å². The number of piperidine rings is 1. The maximum atomic E-state index is 5.93. The molecule has 2 unspecified atom stereocenters. The summed E-state index contributed by atoms with van der Waals surface area (Å²) >= 11 is 0. The van der Waals surface area contributed by atoms with Crippen molar-refractivity contribution in [3.8, 4) is 0 Å². The molecule has 1 fully saturated rings. The van der Waals surface area contributed by atoms with Gasteiger partial charge in [-0.1, -0.05) is 0 Å². The Morgan fingerprint density at radius 3 is 2.94 bits per heavy atom. The molecule has 4 nitrogen and oxygen atoms in total. The first-order valence-electron chi connectivity index (χ1n) is 6.71. The topological polar surface area (TPSA) is 45.4 Å². The Labute approximate surface area is 110 Å². The third kappa shape index (κ3) is 3.00. The second kappa shape index (κ2) is 5.67. The number of rotatable bonds is 3. The van der Waals surface area contributed by atoms with E-state index in [1.165, 1.54) is 12.8 Å². The first kappa shape index (κ1) is 13.3. The van der Waals surface area contributed by atoms with E-state index in [0.29, 0.717) is 6.04 Å². The molecule has 2 N–H and O–H groups in total. The van der Waals surface area contributed by atoms with Crippen LogP contribution >= 0.6 is 0 Å². The minimum Gasteiger partial charge on any atom is -0.355 e. The summed E-state index contributed by atoms with van der Waals surface area (Å²) in [6.45, 7) is 4.17. The van der Waals surface area contributed by atoms with Gasteiger partial charge >= 0.3 is 0 Å². The van der Waals surface area contributed by atoms with Gasteiger partial charge in [0.05, 0.1) is 0 Å². The highest BCUT2D eigenvalue weighted by atomic mass is 15.2. The van der Waals surface area contributed by atoms with Crippen molar-refractivity contribution in [3.63, 3.8) is 0 Å². The Balaban J connectivity index is 2.13. The van der Waals surface area contributed by atoms with Crippen LogP contribution in [0.3, 0.4) is 0 Å². The molecule has 1 aromatic rings. The molecular weight excluding hydrogens is 224 g/mol. The summed E-state index contributed by atoms with van der Waals surface area (Å²) in [5.41, 5.74) is 7.09. The van der Waals surface area contributed by atoms with Crippen LogP contribution in [0.2, 0.25) is 0 Å². The lowest BCUT2D eigenvalue weighted by atomic mass is 10.0. The largest absolute Gasteiger partial charge is 0.355 e. The Kier molecular flexibility index (Phi) is 4.19. The molecule has 1 aliphatic heterocycles. The van der Waals surface area contributed by atoms with Crippen LogP contribution in [-0.2, 0) is 0 Å². The zero-order valence-corrected chi connectivity index (χ0v) is 11.6. The first-order chi connectivity index (χ1) is 8.58. The van der Waals surface area contributed by atoms with Crippen molar-refractivity contribution < 1.29 is 0 Å². The molecule has 2 heterocycles. The monoisotopic (exact) mass is 248 g/mol. The van der Waals surface area contributed by atoms with Crippen LogP contribution in [0.15, 0.2) is 18.3 Å². The summed E-state index contributed by atoms with van der Waals surface area (Å²) in [5, 5.41) is 0. The fourth-order valence-electron chi connectivity index (χ4n) is 2.47. The number of nitrogens with two attached hydrogens (primary N) is 1. The third-order valence-corrected chi connectivity index (χ3v) is 3.75. The molecule has 2 rings (SSSR count). The molecule has 100 valence electrons. The fraction of sp³-hybridized carbons (Fsp3) is 0.643. The highest BCUT2D eigenvalue weighted by Crippen LogP contribution is 2.22. The summed E-state index contributed by atoms with van der Waals surface area (Å²) in [5.74, 6) is 1.07. The smallest absolute Gasteiger partial charge is 0.128 e. The maximum Gasteiger partial charge on any atom is 0.128 e. The van der Waals surface area contributed by atoms with Crippen LogP contribution in [-0.4, -0.2) is 43.1 Å². The van der Waals surface area contributed by atoms with Crippen LogP contribution in [0, 0.1) is 0 Å². The van der Waals surface area contributed by atoms with Gasteiger partial charge in [-0.15, -0.1) is 0 Å². The van der Waals surface area contributed by atoms with E-state index in [1.54, 1.807) is 0 Å². The molecule has 1 saturated heterocycles. The van der Waals surface area contributed by atoms with E-state index in [1.807, 2.05) is 19.2 Å². The minimum atomic E-state index is 0.0705. The average molecular weight is 248 g/mol. The van der Waals surface area contributed by atoms with Crippen LogP contribution in [0.4, 0.5) is 5.82 Å². The molecule has 18 heavy (non-hydrogen) atoms. The average Bonchev–Trinajstić information content (AvgIpc) is 2.39. The van der Waals surface area contributed by atoms with Crippen molar-refractivity contribution >= 4 is 5.82 Å². The molecular formula is C14H24N4. The number of hydrogen-bond acceptors (Lipinski definition) is 4. The second-order valence-electron chi connectivity index (χ2n) is 5.44. The zero-order chi connectivity index (χ0) is 13.1. The van der Waals surface area contributed by atoms with Crippen LogP contribution in [0.1, 0.15) is 31.4 Å². The van der Waals surface area contributed by atoms with E-state index in [9.17, 15) is 0 Å². The number of pyridine rings is 1. The lowest BCUT2D eigenvalue weighted by molar-refractivity contribution is 0.257. The summed E-state index contributed by atoms with van der Waals surface area (Å²) in [7, 11) is 4.31. The van der Waals surface area contributed by atoms with Gasteiger partial charge in [0, 0.05) is 31.4 Å². The Bertz CT molecular complexity index is 389. The number of aromatic nitrogens is 1. The molecule has 0 aliphatic carbocycles. The molecule has 1 aromatic heterocycles. The van der Waals surface area contributed by atoms with Crippen molar-refractivity contribution in [2.24, 2.45) is 5.73 Å². The Morgan fingerprint density at radius 1 is 1.50 bits per heavy atom. The molecule has 4 heteroatoms. The molecule has 0 aromatic carbocycles. The molecule has 0 saturated carbocycles. The highest BCUT2D eigenvalue weighted by Gasteiger charge is 2.22. The quantitative estimate of drug-likeness (QED) is 0.883. The third-order valence-electron chi connectivity index (χ3n) is 3.75. The van der Waals surface area contributed by atoms with Crippen molar-refractivity contribution in [2.45, 2.75) is 31.8 Å². The predicted octanol–water partition coefficient (Wildman–Crippen LogP) is 1.63. The SMILES string of the molecule is CC(N)c1ccnc(N2CCCC(N(C)C)C2)c1. The zero-order valence-electron chi connectivity index (χ0n) is 11.6. The molecule has 0 bridgehead atoms. The van der Waals surface area contributed by atoms with Crippen molar-refractivity contribution in [1.82, 2.24) is 9.88 Å². The Hall–Kier alpha value is -1.13. The lowest BCUT2D eigenvalue weighted by Crippen LogP contribution is -2.45. The number of nitrogens with zero attached hydrogens (tertiary/aromatic N) is 3. The number of hydrogen-bond donors (Lipinski definition) is 1. The molecule has 1 aliphatic rings.